The van der Waals surface area contributed by atoms with Gasteiger partial charge in [0, 0.05) is 32.1 Å². The maximum absolute atomic E-state index is 11.1. The second-order valence-electron chi connectivity index (χ2n) is 4.23. The number of aliphatic hydroxyl groups is 1. The predicted octanol–water partition coefficient (Wildman–Crippen LogP) is 0.358. The molecule has 1 atom stereocenters. The molecule has 0 aliphatic carbocycles. The van der Waals surface area contributed by atoms with Crippen molar-refractivity contribution in [2.45, 2.75) is 45.2 Å². The molecule has 88 valence electrons. The standard InChI is InChI=1S/C11H22N2O2/c1-3-10(8-14)12-11-4-6-13(7-5-11)9(2)15/h10-12,14H,3-8H2,1-2H3/t10-/m1/s1. The molecule has 0 aromatic heterocycles. The van der Waals surface area contributed by atoms with Crippen LogP contribution in [0.1, 0.15) is 33.1 Å². The molecule has 2 N–H and O–H groups in total. The van der Waals surface area contributed by atoms with E-state index in [1.54, 1.807) is 6.92 Å². The van der Waals surface area contributed by atoms with E-state index >= 15 is 0 Å². The number of hydrogen-bond donors (Lipinski definition) is 2. The lowest BCUT2D eigenvalue weighted by molar-refractivity contribution is -0.129. The van der Waals surface area contributed by atoms with Gasteiger partial charge in [0.05, 0.1) is 6.61 Å². The van der Waals surface area contributed by atoms with E-state index in [4.69, 9.17) is 5.11 Å². The molecule has 1 aliphatic rings. The quantitative estimate of drug-likeness (QED) is 0.710. The van der Waals surface area contributed by atoms with Gasteiger partial charge in [0.15, 0.2) is 0 Å². The number of nitrogens with zero attached hydrogens (tertiary/aromatic N) is 1. The van der Waals surface area contributed by atoms with E-state index in [9.17, 15) is 4.79 Å². The van der Waals surface area contributed by atoms with Crippen molar-refractivity contribution in [2.75, 3.05) is 19.7 Å². The van der Waals surface area contributed by atoms with Crippen LogP contribution in [0.3, 0.4) is 0 Å². The third-order valence-electron chi connectivity index (χ3n) is 3.12. The molecule has 1 saturated heterocycles. The van der Waals surface area contributed by atoms with Crippen LogP contribution in [0.15, 0.2) is 0 Å². The molecule has 0 radical (unpaired) electrons. The van der Waals surface area contributed by atoms with Crippen LogP contribution in [0.4, 0.5) is 0 Å². The summed E-state index contributed by atoms with van der Waals surface area (Å²) in [6.45, 7) is 5.57. The number of carbonyl (C=O) groups is 1. The summed E-state index contributed by atoms with van der Waals surface area (Å²) in [5.41, 5.74) is 0. The largest absolute Gasteiger partial charge is 0.395 e. The van der Waals surface area contributed by atoms with Gasteiger partial charge in [0.25, 0.3) is 0 Å². The third kappa shape index (κ3) is 3.80. The van der Waals surface area contributed by atoms with Crippen molar-refractivity contribution in [2.24, 2.45) is 0 Å². The zero-order valence-electron chi connectivity index (χ0n) is 9.70. The fourth-order valence-corrected chi connectivity index (χ4v) is 1.99. The summed E-state index contributed by atoms with van der Waals surface area (Å²) in [4.78, 5) is 13.0. The smallest absolute Gasteiger partial charge is 0.219 e. The lowest BCUT2D eigenvalue weighted by Gasteiger charge is -2.33. The summed E-state index contributed by atoms with van der Waals surface area (Å²) in [5.74, 6) is 0.169. The van der Waals surface area contributed by atoms with Gasteiger partial charge in [0.2, 0.25) is 5.91 Å². The first-order chi connectivity index (χ1) is 7.17. The van der Waals surface area contributed by atoms with Crippen molar-refractivity contribution in [3.05, 3.63) is 0 Å². The highest BCUT2D eigenvalue weighted by Gasteiger charge is 2.21. The Morgan fingerprint density at radius 2 is 2.13 bits per heavy atom. The Morgan fingerprint density at radius 3 is 2.53 bits per heavy atom. The average molecular weight is 214 g/mol. The Kier molecular flexibility index (Phi) is 5.05. The molecule has 1 amide bonds. The van der Waals surface area contributed by atoms with Gasteiger partial charge >= 0.3 is 0 Å². The second kappa shape index (κ2) is 6.08. The van der Waals surface area contributed by atoms with Gasteiger partial charge in [-0.3, -0.25) is 4.79 Å². The highest BCUT2D eigenvalue weighted by atomic mass is 16.3. The Morgan fingerprint density at radius 1 is 1.53 bits per heavy atom. The van der Waals surface area contributed by atoms with Crippen molar-refractivity contribution < 1.29 is 9.90 Å². The summed E-state index contributed by atoms with van der Waals surface area (Å²) in [6, 6.07) is 0.663. The Balaban J connectivity index is 2.28. The average Bonchev–Trinajstić information content (AvgIpc) is 2.26. The van der Waals surface area contributed by atoms with Crippen molar-refractivity contribution >= 4 is 5.91 Å². The Bertz CT molecular complexity index is 197. The maximum Gasteiger partial charge on any atom is 0.219 e. The minimum absolute atomic E-state index is 0.169. The van der Waals surface area contributed by atoms with Crippen molar-refractivity contribution in [3.63, 3.8) is 0 Å². The van der Waals surface area contributed by atoms with Crippen molar-refractivity contribution in [3.8, 4) is 0 Å². The fraction of sp³-hybridized carbons (Fsp3) is 0.909. The van der Waals surface area contributed by atoms with Crippen molar-refractivity contribution in [1.29, 1.82) is 0 Å². The predicted molar refractivity (Wildman–Crippen MR) is 59.6 cm³/mol. The lowest BCUT2D eigenvalue weighted by Crippen LogP contribution is -2.48. The molecule has 15 heavy (non-hydrogen) atoms. The number of amides is 1. The van der Waals surface area contributed by atoms with Crippen LogP contribution in [0, 0.1) is 0 Å². The van der Waals surface area contributed by atoms with Crippen LogP contribution in [0.25, 0.3) is 0 Å². The molecule has 0 aromatic carbocycles. The van der Waals surface area contributed by atoms with Crippen LogP contribution in [-0.4, -0.2) is 47.7 Å². The van der Waals surface area contributed by atoms with Crippen LogP contribution in [0.5, 0.6) is 0 Å². The summed E-state index contributed by atoms with van der Waals surface area (Å²) < 4.78 is 0. The molecule has 4 heteroatoms. The molecule has 1 rings (SSSR count). The highest BCUT2D eigenvalue weighted by Crippen LogP contribution is 2.11. The van der Waals surface area contributed by atoms with E-state index in [1.165, 1.54) is 0 Å². The van der Waals surface area contributed by atoms with Gasteiger partial charge in [-0.05, 0) is 19.3 Å². The first kappa shape index (κ1) is 12.5. The summed E-state index contributed by atoms with van der Waals surface area (Å²) in [7, 11) is 0. The summed E-state index contributed by atoms with van der Waals surface area (Å²) in [6.07, 6.45) is 2.94. The van der Waals surface area contributed by atoms with E-state index < -0.39 is 0 Å². The van der Waals surface area contributed by atoms with E-state index in [0.29, 0.717) is 6.04 Å². The topological polar surface area (TPSA) is 52.6 Å². The molecule has 1 aliphatic heterocycles. The SMILES string of the molecule is CC[C@H](CO)NC1CCN(C(C)=O)CC1. The van der Waals surface area contributed by atoms with E-state index in [-0.39, 0.29) is 18.6 Å². The Labute approximate surface area is 91.6 Å². The minimum Gasteiger partial charge on any atom is -0.395 e. The molecule has 0 bridgehead atoms. The molecule has 1 fully saturated rings. The molecule has 0 aromatic rings. The Hall–Kier alpha value is -0.610. The van der Waals surface area contributed by atoms with Gasteiger partial charge in [-0.1, -0.05) is 6.92 Å². The van der Waals surface area contributed by atoms with Gasteiger partial charge in [-0.25, -0.2) is 0 Å². The number of aliphatic hydroxyl groups excluding tert-OH is 1. The van der Waals surface area contributed by atoms with Crippen LogP contribution in [0.2, 0.25) is 0 Å². The number of nitrogens with one attached hydrogen (secondary N) is 1. The second-order valence-corrected chi connectivity index (χ2v) is 4.23. The molecule has 1 heterocycles. The van der Waals surface area contributed by atoms with E-state index in [0.717, 1.165) is 32.4 Å². The van der Waals surface area contributed by atoms with Gasteiger partial charge in [0.1, 0.15) is 0 Å². The number of hydrogen-bond acceptors (Lipinski definition) is 3. The first-order valence-corrected chi connectivity index (χ1v) is 5.79. The molecular formula is C11H22N2O2. The number of piperidine rings is 1. The number of likely N-dealkylation sites (tertiary alicyclic amines) is 1. The lowest BCUT2D eigenvalue weighted by atomic mass is 10.0. The van der Waals surface area contributed by atoms with E-state index in [1.807, 2.05) is 4.90 Å². The third-order valence-corrected chi connectivity index (χ3v) is 3.12. The van der Waals surface area contributed by atoms with E-state index in [2.05, 4.69) is 12.2 Å². The number of carbonyl (C=O) groups excluding carboxylic acids is 1. The molecule has 0 unspecified atom stereocenters. The summed E-state index contributed by atoms with van der Waals surface area (Å²) >= 11 is 0. The minimum atomic E-state index is 0.169. The monoisotopic (exact) mass is 214 g/mol. The molecular weight excluding hydrogens is 192 g/mol. The molecule has 0 spiro atoms. The van der Waals surface area contributed by atoms with Gasteiger partial charge in [-0.2, -0.15) is 0 Å². The van der Waals surface area contributed by atoms with Crippen LogP contribution >= 0.6 is 0 Å². The maximum atomic E-state index is 11.1. The zero-order valence-corrected chi connectivity index (χ0v) is 9.70. The molecule has 0 saturated carbocycles. The van der Waals surface area contributed by atoms with Gasteiger partial charge < -0.3 is 15.3 Å². The van der Waals surface area contributed by atoms with Crippen LogP contribution < -0.4 is 5.32 Å². The van der Waals surface area contributed by atoms with Crippen LogP contribution in [-0.2, 0) is 4.79 Å². The van der Waals surface area contributed by atoms with Gasteiger partial charge in [-0.15, -0.1) is 0 Å². The number of rotatable bonds is 4. The highest BCUT2D eigenvalue weighted by molar-refractivity contribution is 5.73. The first-order valence-electron chi connectivity index (χ1n) is 5.79. The fourth-order valence-electron chi connectivity index (χ4n) is 1.99. The normalized spacial score (nSPS) is 20.3. The zero-order chi connectivity index (χ0) is 11.3. The summed E-state index contributed by atoms with van der Waals surface area (Å²) in [5, 5.41) is 12.5. The van der Waals surface area contributed by atoms with Crippen molar-refractivity contribution in [1.82, 2.24) is 10.2 Å². The molecule has 4 nitrogen and oxygen atoms in total.